The molecule has 1 fully saturated rings. The largest absolute Gasteiger partial charge is 0.375 e. The summed E-state index contributed by atoms with van der Waals surface area (Å²) in [5.41, 5.74) is 12.6. The number of hydrogen-bond donors (Lipinski definition) is 4. The normalized spacial score (nSPS) is 17.3. The maximum atomic E-state index is 13.2. The second-order valence-electron chi connectivity index (χ2n) is 8.12. The summed E-state index contributed by atoms with van der Waals surface area (Å²) in [5, 5.41) is 13.7. The number of rotatable bonds is 7. The van der Waals surface area contributed by atoms with E-state index in [1.807, 2.05) is 6.07 Å². The third-order valence-corrected chi connectivity index (χ3v) is 9.02. The molecule has 3 aromatic rings. The molecule has 12 nitrogen and oxygen atoms in total. The van der Waals surface area contributed by atoms with E-state index in [1.54, 1.807) is 12.1 Å². The monoisotopic (exact) mass is 520 g/mol. The molecule has 2 heterocycles. The molecule has 1 aliphatic heterocycles. The summed E-state index contributed by atoms with van der Waals surface area (Å²) >= 11 is 1.26. The fraction of sp³-hybridized carbons (Fsp3) is 0.263. The number of thiazole rings is 1. The molecule has 34 heavy (non-hydrogen) atoms. The number of amidine groups is 1. The molecule has 1 aliphatic carbocycles. The van der Waals surface area contributed by atoms with E-state index in [0.29, 0.717) is 34.6 Å². The summed E-state index contributed by atoms with van der Waals surface area (Å²) in [7, 11) is -8.88. The standard InChI is InChI=1S/C19H20N8O4S3/c20-18-26-15-11(2-1-3-12(15)32-18)10-4-5-13(34(30,31)25-8-19(21)6-7-19)16(33(22,28)29)14(10)17-23-9-24-27-17/h1-5,25H,6-9,21H2,(H2,20,26)(H2,22,28,29). The van der Waals surface area contributed by atoms with Gasteiger partial charge in [0.05, 0.1) is 15.8 Å². The van der Waals surface area contributed by atoms with Crippen LogP contribution in [0, 0.1) is 0 Å². The Bertz CT molecular complexity index is 1610. The van der Waals surface area contributed by atoms with Crippen LogP contribution in [0.1, 0.15) is 18.4 Å². The predicted octanol–water partition coefficient (Wildman–Crippen LogP) is 1.13. The van der Waals surface area contributed by atoms with Gasteiger partial charge in [0.25, 0.3) is 0 Å². The van der Waals surface area contributed by atoms with Crippen LogP contribution in [0.2, 0.25) is 0 Å². The first-order valence-corrected chi connectivity index (χ1v) is 13.9. The number of para-hydroxylation sites is 1. The van der Waals surface area contributed by atoms with Gasteiger partial charge in [0, 0.05) is 17.6 Å². The van der Waals surface area contributed by atoms with Gasteiger partial charge < -0.3 is 11.5 Å². The van der Waals surface area contributed by atoms with E-state index in [4.69, 9.17) is 16.6 Å². The van der Waals surface area contributed by atoms with Gasteiger partial charge in [-0.05, 0) is 30.5 Å². The molecule has 5 rings (SSSR count). The van der Waals surface area contributed by atoms with Gasteiger partial charge in [0.2, 0.25) is 20.0 Å². The summed E-state index contributed by atoms with van der Waals surface area (Å²) < 4.78 is 55.3. The topological polar surface area (TPSA) is 208 Å². The molecule has 1 aromatic heterocycles. The molecule has 2 aliphatic rings. The predicted molar refractivity (Wildman–Crippen MR) is 128 cm³/mol. The highest BCUT2D eigenvalue weighted by atomic mass is 32.2. The lowest BCUT2D eigenvalue weighted by molar-refractivity contribution is 0.560. The van der Waals surface area contributed by atoms with Crippen molar-refractivity contribution in [3.05, 3.63) is 35.9 Å². The molecule has 0 radical (unpaired) electrons. The van der Waals surface area contributed by atoms with Crippen LogP contribution < -0.4 is 21.3 Å². The minimum absolute atomic E-state index is 0.0302. The Morgan fingerprint density at radius 1 is 1.09 bits per heavy atom. The second kappa shape index (κ2) is 7.86. The number of nitrogens with two attached hydrogens (primary N) is 3. The zero-order valence-corrected chi connectivity index (χ0v) is 20.0. The van der Waals surface area contributed by atoms with Crippen molar-refractivity contribution in [1.82, 2.24) is 9.71 Å². The van der Waals surface area contributed by atoms with E-state index >= 15 is 0 Å². The van der Waals surface area contributed by atoms with Crippen LogP contribution >= 0.6 is 11.3 Å². The number of azo groups is 1. The molecule has 0 unspecified atom stereocenters. The lowest BCUT2D eigenvalue weighted by Gasteiger charge is -2.18. The SMILES string of the molecule is Nc1nc2c(-c3ccc(S(=O)(=O)NCC4(N)CC4)c(S(N)(=O)=O)c3C3=NCN=N3)cccc2s1. The number of sulfonamides is 2. The molecule has 0 spiro atoms. The fourth-order valence-electron chi connectivity index (χ4n) is 3.70. The maximum absolute atomic E-state index is 13.2. The third-order valence-electron chi connectivity index (χ3n) is 5.60. The smallest absolute Gasteiger partial charge is 0.242 e. The van der Waals surface area contributed by atoms with Gasteiger partial charge in [0.15, 0.2) is 17.6 Å². The first kappa shape index (κ1) is 22.9. The first-order chi connectivity index (χ1) is 16.0. The van der Waals surface area contributed by atoms with Crippen LogP contribution in [0.3, 0.4) is 0 Å². The Morgan fingerprint density at radius 2 is 1.85 bits per heavy atom. The number of nitrogens with one attached hydrogen (secondary N) is 1. The van der Waals surface area contributed by atoms with Gasteiger partial charge in [0.1, 0.15) is 9.79 Å². The number of anilines is 1. The molecule has 2 aromatic carbocycles. The number of primary sulfonamides is 1. The Kier molecular flexibility index (Phi) is 5.30. The van der Waals surface area contributed by atoms with Crippen LogP contribution in [0.25, 0.3) is 21.3 Å². The van der Waals surface area contributed by atoms with Crippen molar-refractivity contribution in [2.24, 2.45) is 26.1 Å². The molecule has 0 saturated heterocycles. The van der Waals surface area contributed by atoms with Gasteiger partial charge in [-0.15, -0.1) is 5.11 Å². The molecule has 0 amide bonds. The van der Waals surface area contributed by atoms with Gasteiger partial charge in [-0.25, -0.2) is 36.7 Å². The average Bonchev–Trinajstić information content (AvgIpc) is 3.15. The highest BCUT2D eigenvalue weighted by Crippen LogP contribution is 2.39. The van der Waals surface area contributed by atoms with Gasteiger partial charge in [-0.2, -0.15) is 5.11 Å². The zero-order chi connectivity index (χ0) is 24.3. The Labute approximate surface area is 199 Å². The number of aromatic nitrogens is 1. The summed E-state index contributed by atoms with van der Waals surface area (Å²) in [6, 6.07) is 7.98. The highest BCUT2D eigenvalue weighted by Gasteiger charge is 2.40. The van der Waals surface area contributed by atoms with E-state index in [9.17, 15) is 16.8 Å². The fourth-order valence-corrected chi connectivity index (χ4v) is 7.20. The second-order valence-corrected chi connectivity index (χ2v) is 12.4. The number of nitrogens with zero attached hydrogens (tertiary/aromatic N) is 4. The lowest BCUT2D eigenvalue weighted by atomic mass is 9.98. The third kappa shape index (κ3) is 4.10. The summed E-state index contributed by atoms with van der Waals surface area (Å²) in [6.45, 7) is -0.0634. The minimum Gasteiger partial charge on any atom is -0.375 e. The number of benzene rings is 2. The molecular formula is C19H20N8O4S3. The van der Waals surface area contributed by atoms with Crippen molar-refractivity contribution < 1.29 is 16.8 Å². The zero-order valence-electron chi connectivity index (χ0n) is 17.6. The van der Waals surface area contributed by atoms with Gasteiger partial charge >= 0.3 is 0 Å². The summed E-state index contributed by atoms with van der Waals surface area (Å²) in [4.78, 5) is 7.37. The summed E-state index contributed by atoms with van der Waals surface area (Å²) in [6.07, 6.45) is 1.33. The molecule has 1 saturated carbocycles. The van der Waals surface area contributed by atoms with E-state index in [2.05, 4.69) is 24.9 Å². The quantitative estimate of drug-likeness (QED) is 0.356. The van der Waals surface area contributed by atoms with Crippen LogP contribution in [0.5, 0.6) is 0 Å². The Balaban J connectivity index is 1.80. The van der Waals surface area contributed by atoms with E-state index < -0.39 is 35.4 Å². The Morgan fingerprint density at radius 3 is 2.50 bits per heavy atom. The van der Waals surface area contributed by atoms with Crippen molar-refractivity contribution >= 4 is 52.6 Å². The number of fused-ring (bicyclic) bond motifs is 1. The Hall–Kier alpha value is -2.82. The molecule has 7 N–H and O–H groups in total. The van der Waals surface area contributed by atoms with Gasteiger partial charge in [-0.3, -0.25) is 0 Å². The molecule has 0 bridgehead atoms. The van der Waals surface area contributed by atoms with Crippen LogP contribution in [0.15, 0.2) is 55.3 Å². The van der Waals surface area contributed by atoms with Crippen molar-refractivity contribution in [3.63, 3.8) is 0 Å². The minimum atomic E-state index is -4.58. The molecule has 15 heteroatoms. The number of nitrogen functional groups attached to an aromatic ring is 1. The number of aliphatic imine (C=N–C) groups is 1. The van der Waals surface area contributed by atoms with Crippen molar-refractivity contribution in [2.75, 3.05) is 18.9 Å². The van der Waals surface area contributed by atoms with Crippen LogP contribution in [-0.4, -0.2) is 46.4 Å². The molecular weight excluding hydrogens is 500 g/mol. The van der Waals surface area contributed by atoms with Crippen LogP contribution in [-0.2, 0) is 20.0 Å². The van der Waals surface area contributed by atoms with Crippen molar-refractivity contribution in [1.29, 1.82) is 0 Å². The van der Waals surface area contributed by atoms with E-state index in [-0.39, 0.29) is 24.6 Å². The molecule has 0 atom stereocenters. The number of hydrogen-bond acceptors (Lipinski definition) is 11. The van der Waals surface area contributed by atoms with Crippen molar-refractivity contribution in [3.8, 4) is 11.1 Å². The highest BCUT2D eigenvalue weighted by molar-refractivity contribution is 7.92. The first-order valence-electron chi connectivity index (χ1n) is 10.0. The van der Waals surface area contributed by atoms with E-state index in [1.165, 1.54) is 23.5 Å². The van der Waals surface area contributed by atoms with Crippen molar-refractivity contribution in [2.45, 2.75) is 28.2 Å². The average molecular weight is 521 g/mol. The lowest BCUT2D eigenvalue weighted by Crippen LogP contribution is -2.39. The van der Waals surface area contributed by atoms with Gasteiger partial charge in [-0.1, -0.05) is 29.5 Å². The molecule has 178 valence electrons. The maximum Gasteiger partial charge on any atom is 0.242 e. The van der Waals surface area contributed by atoms with Crippen LogP contribution in [0.4, 0.5) is 5.13 Å². The van der Waals surface area contributed by atoms with E-state index in [0.717, 1.165) is 4.70 Å². The summed E-state index contributed by atoms with van der Waals surface area (Å²) in [5.74, 6) is -0.0474.